The van der Waals surface area contributed by atoms with Gasteiger partial charge in [-0.25, -0.2) is 0 Å². The zero-order valence-corrected chi connectivity index (χ0v) is 18.7. The van der Waals surface area contributed by atoms with Gasteiger partial charge in [0, 0.05) is 32.1 Å². The van der Waals surface area contributed by atoms with Crippen molar-refractivity contribution in [3.63, 3.8) is 0 Å². The highest BCUT2D eigenvalue weighted by molar-refractivity contribution is 14.0. The van der Waals surface area contributed by atoms with Crippen LogP contribution >= 0.6 is 24.0 Å². The number of nitrogens with zero attached hydrogens (tertiary/aromatic N) is 2. The van der Waals surface area contributed by atoms with Gasteiger partial charge in [0.2, 0.25) is 0 Å². The Kier molecular flexibility index (Phi) is 8.67. The van der Waals surface area contributed by atoms with Crippen LogP contribution in [0.5, 0.6) is 0 Å². The lowest BCUT2D eigenvalue weighted by atomic mass is 9.79. The maximum absolute atomic E-state index is 4.46. The molecule has 2 N–H and O–H groups in total. The van der Waals surface area contributed by atoms with Crippen LogP contribution in [0.2, 0.25) is 0 Å². The third kappa shape index (κ3) is 5.59. The zero-order chi connectivity index (χ0) is 17.5. The topological polar surface area (TPSA) is 39.7 Å². The van der Waals surface area contributed by atoms with Gasteiger partial charge in [-0.05, 0) is 50.8 Å². The van der Waals surface area contributed by atoms with Crippen molar-refractivity contribution >= 4 is 29.9 Å². The third-order valence-corrected chi connectivity index (χ3v) is 6.04. The van der Waals surface area contributed by atoms with Crippen LogP contribution in [0.4, 0.5) is 0 Å². The van der Waals surface area contributed by atoms with E-state index in [4.69, 9.17) is 0 Å². The first-order valence-electron chi connectivity index (χ1n) is 9.90. The van der Waals surface area contributed by atoms with Gasteiger partial charge in [0.1, 0.15) is 0 Å². The minimum Gasteiger partial charge on any atom is -0.356 e. The molecule has 0 aromatic heterocycles. The molecule has 2 fully saturated rings. The number of nitrogens with one attached hydrogen (secondary N) is 2. The van der Waals surface area contributed by atoms with Crippen LogP contribution < -0.4 is 10.6 Å². The molecule has 1 atom stereocenters. The van der Waals surface area contributed by atoms with Crippen LogP contribution in [0.15, 0.2) is 35.3 Å². The van der Waals surface area contributed by atoms with Gasteiger partial charge in [-0.15, -0.1) is 24.0 Å². The lowest BCUT2D eigenvalue weighted by molar-refractivity contribution is 0.210. The number of halogens is 1. The number of rotatable bonds is 5. The lowest BCUT2D eigenvalue weighted by Gasteiger charge is -2.32. The molecule has 5 heteroatoms. The molecule has 1 saturated heterocycles. The summed E-state index contributed by atoms with van der Waals surface area (Å²) in [5, 5.41) is 7.19. The Morgan fingerprint density at radius 1 is 1.15 bits per heavy atom. The van der Waals surface area contributed by atoms with E-state index in [9.17, 15) is 0 Å². The lowest BCUT2D eigenvalue weighted by Crippen LogP contribution is -2.47. The molecule has 0 spiro atoms. The average molecular weight is 470 g/mol. The van der Waals surface area contributed by atoms with Crippen molar-refractivity contribution in [3.05, 3.63) is 35.9 Å². The molecule has 0 bridgehead atoms. The monoisotopic (exact) mass is 470 g/mol. The van der Waals surface area contributed by atoms with Crippen molar-refractivity contribution < 1.29 is 0 Å². The quantitative estimate of drug-likeness (QED) is 0.393. The van der Waals surface area contributed by atoms with E-state index in [1.807, 2.05) is 7.05 Å². The van der Waals surface area contributed by atoms with Gasteiger partial charge >= 0.3 is 0 Å². The van der Waals surface area contributed by atoms with E-state index in [1.54, 1.807) is 0 Å². The van der Waals surface area contributed by atoms with Crippen LogP contribution in [0.3, 0.4) is 0 Å². The van der Waals surface area contributed by atoms with E-state index in [2.05, 4.69) is 57.9 Å². The molecule has 1 heterocycles. The second-order valence-corrected chi connectivity index (χ2v) is 7.93. The van der Waals surface area contributed by atoms with E-state index < -0.39 is 0 Å². The predicted octanol–water partition coefficient (Wildman–Crippen LogP) is 3.62. The van der Waals surface area contributed by atoms with Gasteiger partial charge in [-0.1, -0.05) is 43.2 Å². The van der Waals surface area contributed by atoms with Crippen LogP contribution in [-0.4, -0.2) is 51.1 Å². The van der Waals surface area contributed by atoms with E-state index in [0.29, 0.717) is 0 Å². The summed E-state index contributed by atoms with van der Waals surface area (Å²) in [6.07, 6.45) is 7.84. The van der Waals surface area contributed by atoms with Crippen molar-refractivity contribution in [1.82, 2.24) is 15.5 Å². The zero-order valence-electron chi connectivity index (χ0n) is 16.3. The second-order valence-electron chi connectivity index (χ2n) is 7.93. The van der Waals surface area contributed by atoms with Crippen molar-refractivity contribution in [2.45, 2.75) is 43.9 Å². The first-order chi connectivity index (χ1) is 12.2. The van der Waals surface area contributed by atoms with Gasteiger partial charge in [0.05, 0.1) is 0 Å². The molecule has 1 saturated carbocycles. The van der Waals surface area contributed by atoms with E-state index in [-0.39, 0.29) is 29.4 Å². The molecule has 1 aromatic rings. The van der Waals surface area contributed by atoms with Gasteiger partial charge in [-0.2, -0.15) is 0 Å². The Labute approximate surface area is 176 Å². The summed E-state index contributed by atoms with van der Waals surface area (Å²) in [4.78, 5) is 6.90. The Morgan fingerprint density at radius 2 is 1.88 bits per heavy atom. The molecular weight excluding hydrogens is 435 g/mol. The van der Waals surface area contributed by atoms with E-state index in [0.717, 1.165) is 25.0 Å². The third-order valence-electron chi connectivity index (χ3n) is 6.04. The Hall–Kier alpha value is -0.820. The van der Waals surface area contributed by atoms with Crippen LogP contribution in [0.1, 0.15) is 44.1 Å². The molecule has 146 valence electrons. The van der Waals surface area contributed by atoms with E-state index >= 15 is 0 Å². The van der Waals surface area contributed by atoms with Crippen LogP contribution in [0.25, 0.3) is 0 Å². The van der Waals surface area contributed by atoms with E-state index in [1.165, 1.54) is 57.2 Å². The Bertz CT molecular complexity index is 554. The largest absolute Gasteiger partial charge is 0.356 e. The molecule has 1 aliphatic carbocycles. The molecule has 26 heavy (non-hydrogen) atoms. The van der Waals surface area contributed by atoms with Crippen molar-refractivity contribution in [2.75, 3.05) is 40.3 Å². The normalized spacial score (nSPS) is 23.3. The van der Waals surface area contributed by atoms with Crippen LogP contribution in [-0.2, 0) is 5.41 Å². The summed E-state index contributed by atoms with van der Waals surface area (Å²) in [6.45, 7) is 4.42. The summed E-state index contributed by atoms with van der Waals surface area (Å²) in [6, 6.07) is 11.0. The molecule has 0 amide bonds. The number of piperidine rings is 1. The highest BCUT2D eigenvalue weighted by Crippen LogP contribution is 2.40. The Balaban J connectivity index is 0.00000243. The number of benzene rings is 1. The van der Waals surface area contributed by atoms with Gasteiger partial charge in [0.15, 0.2) is 5.96 Å². The molecule has 4 nitrogen and oxygen atoms in total. The Morgan fingerprint density at radius 3 is 2.54 bits per heavy atom. The summed E-state index contributed by atoms with van der Waals surface area (Å²) in [7, 11) is 4.11. The van der Waals surface area contributed by atoms with Crippen molar-refractivity contribution in [1.29, 1.82) is 0 Å². The first kappa shape index (κ1) is 21.5. The average Bonchev–Trinajstić information content (AvgIpc) is 3.13. The fourth-order valence-corrected chi connectivity index (χ4v) is 4.57. The SMILES string of the molecule is CN=C(NCC1CCCN(C)C1)NCC1(c2ccccc2)CCCC1.I. The standard InChI is InChI=1S/C21H34N4.HI/c1-22-20(23-15-18-9-8-14-25(2)16-18)24-17-21(12-6-7-13-21)19-10-4-3-5-11-19;/h3-5,10-11,18H,6-9,12-17H2,1-2H3,(H2,22,23,24);1H. The number of likely N-dealkylation sites (tertiary alicyclic amines) is 1. The maximum atomic E-state index is 4.46. The molecule has 0 radical (unpaired) electrons. The molecule has 1 unspecified atom stereocenters. The molecule has 1 aromatic carbocycles. The van der Waals surface area contributed by atoms with Gasteiger partial charge < -0.3 is 15.5 Å². The fraction of sp³-hybridized carbons (Fsp3) is 0.667. The number of guanidine groups is 1. The minimum absolute atomic E-state index is 0. The van der Waals surface area contributed by atoms with Crippen LogP contribution in [0, 0.1) is 5.92 Å². The molecular formula is C21H35IN4. The maximum Gasteiger partial charge on any atom is 0.191 e. The molecule has 2 aliphatic rings. The second kappa shape index (κ2) is 10.5. The smallest absolute Gasteiger partial charge is 0.191 e. The number of hydrogen-bond donors (Lipinski definition) is 2. The highest BCUT2D eigenvalue weighted by Gasteiger charge is 2.35. The summed E-state index contributed by atoms with van der Waals surface area (Å²) in [5.41, 5.74) is 1.74. The number of aliphatic imine (C=N–C) groups is 1. The minimum atomic E-state index is 0. The predicted molar refractivity (Wildman–Crippen MR) is 122 cm³/mol. The highest BCUT2D eigenvalue weighted by atomic mass is 127. The molecule has 3 rings (SSSR count). The first-order valence-corrected chi connectivity index (χ1v) is 9.90. The molecule has 1 aliphatic heterocycles. The summed E-state index contributed by atoms with van der Waals surface area (Å²) in [5.74, 6) is 1.68. The van der Waals surface area contributed by atoms with Gasteiger partial charge in [0.25, 0.3) is 0 Å². The van der Waals surface area contributed by atoms with Crippen molar-refractivity contribution in [3.8, 4) is 0 Å². The summed E-state index contributed by atoms with van der Waals surface area (Å²) >= 11 is 0. The van der Waals surface area contributed by atoms with Crippen molar-refractivity contribution in [2.24, 2.45) is 10.9 Å². The fourth-order valence-electron chi connectivity index (χ4n) is 4.57. The number of hydrogen-bond acceptors (Lipinski definition) is 2. The van der Waals surface area contributed by atoms with Gasteiger partial charge in [-0.3, -0.25) is 4.99 Å². The summed E-state index contributed by atoms with van der Waals surface area (Å²) < 4.78 is 0.